The van der Waals surface area contributed by atoms with Crippen molar-refractivity contribution in [2.24, 2.45) is 0 Å². The summed E-state index contributed by atoms with van der Waals surface area (Å²) in [6.45, 7) is 0. The van der Waals surface area contributed by atoms with Gasteiger partial charge >= 0.3 is 107 Å². The molecule has 2 rings (SSSR count). The van der Waals surface area contributed by atoms with Crippen molar-refractivity contribution in [1.29, 1.82) is 5.26 Å². The molecule has 3 heteroatoms. The summed E-state index contributed by atoms with van der Waals surface area (Å²) in [4.78, 5) is 0. The predicted octanol–water partition coefficient (Wildman–Crippen LogP) is 2.01. The zero-order chi connectivity index (χ0) is 11.2. The zero-order valence-electron chi connectivity index (χ0n) is 8.58. The fourth-order valence-corrected chi connectivity index (χ4v) is 11.9. The van der Waals surface area contributed by atoms with E-state index in [9.17, 15) is 0 Å². The van der Waals surface area contributed by atoms with Crippen LogP contribution in [0.4, 0.5) is 0 Å². The van der Waals surface area contributed by atoms with Crippen molar-refractivity contribution in [2.75, 3.05) is 0 Å². The maximum atomic E-state index is 8.92. The zero-order valence-corrected chi connectivity index (χ0v) is 12.9. The van der Waals surface area contributed by atoms with Crippen molar-refractivity contribution in [2.45, 2.75) is 0 Å². The summed E-state index contributed by atoms with van der Waals surface area (Å²) >= 11 is -2.09. The third-order valence-corrected chi connectivity index (χ3v) is 15.1. The van der Waals surface area contributed by atoms with Gasteiger partial charge in [-0.25, -0.2) is 0 Å². The van der Waals surface area contributed by atoms with E-state index < -0.39 is 20.3 Å². The molecule has 1 nitrogen and oxygen atoms in total. The summed E-state index contributed by atoms with van der Waals surface area (Å²) in [5.41, 5.74) is 0. The molecule has 0 N–H and O–H groups in total. The molecule has 0 aliphatic carbocycles. The molecule has 0 amide bonds. The summed E-state index contributed by atoms with van der Waals surface area (Å²) in [7, 11) is 1.49. The number of hydrogen-bond donors (Lipinski definition) is 0. The molecule has 0 aliphatic heterocycles. The molecule has 0 unspecified atom stereocenters. The van der Waals surface area contributed by atoms with Crippen molar-refractivity contribution >= 4 is 35.3 Å². The van der Waals surface area contributed by atoms with Crippen LogP contribution in [0.1, 0.15) is 0 Å². The van der Waals surface area contributed by atoms with Crippen LogP contribution in [0, 0.1) is 10.7 Å². The van der Waals surface area contributed by atoms with E-state index in [1.54, 1.807) is 0 Å². The molecule has 0 saturated carbocycles. The quantitative estimate of drug-likeness (QED) is 0.560. The third-order valence-electron chi connectivity index (χ3n) is 2.11. The van der Waals surface area contributed by atoms with Gasteiger partial charge in [0.05, 0.1) is 0 Å². The SMILES string of the molecule is N#C[S][Bi]([c]1ccccc1)[c]1ccccc1. The second kappa shape index (κ2) is 6.04. The second-order valence-electron chi connectivity index (χ2n) is 3.15. The molecule has 0 spiro atoms. The Bertz CT molecular complexity index is 439. The van der Waals surface area contributed by atoms with Gasteiger partial charge in [-0.2, -0.15) is 0 Å². The first-order chi connectivity index (χ1) is 7.92. The van der Waals surface area contributed by atoms with E-state index in [1.165, 1.54) is 15.1 Å². The second-order valence-corrected chi connectivity index (χ2v) is 15.2. The third kappa shape index (κ3) is 2.84. The molecule has 0 aromatic heterocycles. The van der Waals surface area contributed by atoms with E-state index in [1.807, 2.05) is 12.1 Å². The Hall–Kier alpha value is -0.837. The Morgan fingerprint density at radius 3 is 1.62 bits per heavy atom. The van der Waals surface area contributed by atoms with E-state index in [2.05, 4.69) is 53.9 Å². The molecular weight excluding hydrogens is 411 g/mol. The van der Waals surface area contributed by atoms with E-state index in [-0.39, 0.29) is 0 Å². The Kier molecular flexibility index (Phi) is 4.39. The monoisotopic (exact) mass is 421 g/mol. The Balaban J connectivity index is 2.36. The van der Waals surface area contributed by atoms with Crippen LogP contribution >= 0.6 is 8.52 Å². The van der Waals surface area contributed by atoms with Crippen molar-refractivity contribution in [3.8, 4) is 5.40 Å². The van der Waals surface area contributed by atoms with Crippen LogP contribution in [-0.2, 0) is 0 Å². The average molecular weight is 421 g/mol. The van der Waals surface area contributed by atoms with Gasteiger partial charge in [-0.15, -0.1) is 0 Å². The first-order valence-corrected chi connectivity index (χ1v) is 13.4. The van der Waals surface area contributed by atoms with Gasteiger partial charge < -0.3 is 0 Å². The molecule has 0 atom stereocenters. The topological polar surface area (TPSA) is 23.8 Å². The number of nitriles is 1. The molecule has 78 valence electrons. The van der Waals surface area contributed by atoms with Gasteiger partial charge in [0.2, 0.25) is 0 Å². The molecule has 0 radical (unpaired) electrons. The number of rotatable bonds is 3. The van der Waals surface area contributed by atoms with Crippen molar-refractivity contribution in [3.63, 3.8) is 0 Å². The van der Waals surface area contributed by atoms with E-state index in [0.29, 0.717) is 0 Å². The van der Waals surface area contributed by atoms with Crippen molar-refractivity contribution in [1.82, 2.24) is 0 Å². The number of hydrogen-bond acceptors (Lipinski definition) is 2. The Morgan fingerprint density at radius 2 is 1.25 bits per heavy atom. The summed E-state index contributed by atoms with van der Waals surface area (Å²) in [5.74, 6) is 0. The molecule has 16 heavy (non-hydrogen) atoms. The molecule has 0 aliphatic rings. The number of nitrogens with zero attached hydrogens (tertiary/aromatic N) is 1. The fourth-order valence-electron chi connectivity index (χ4n) is 1.42. The molecule has 2 aromatic carbocycles. The van der Waals surface area contributed by atoms with E-state index in [4.69, 9.17) is 5.26 Å². The molecule has 2 aromatic rings. The van der Waals surface area contributed by atoms with Crippen LogP contribution in [0.5, 0.6) is 0 Å². The molecule has 0 saturated heterocycles. The summed E-state index contributed by atoms with van der Waals surface area (Å²) in [6.07, 6.45) is 0. The van der Waals surface area contributed by atoms with Crippen molar-refractivity contribution in [3.05, 3.63) is 60.7 Å². The number of thiocyanates is 1. The van der Waals surface area contributed by atoms with Crippen LogP contribution in [0.3, 0.4) is 0 Å². The normalized spacial score (nSPS) is 10.0. The molecule has 0 heterocycles. The standard InChI is InChI=1S/2C6H5.CHNS.Bi/c2*1-2-4-6-5-3-1;2-1-3;/h2*1-5H;3H;/q;;;+1/p-1. The van der Waals surface area contributed by atoms with Crippen LogP contribution in [-0.4, -0.2) is 20.3 Å². The first-order valence-electron chi connectivity index (χ1n) is 4.88. The summed E-state index contributed by atoms with van der Waals surface area (Å²) in [6, 6.07) is 20.9. The summed E-state index contributed by atoms with van der Waals surface area (Å²) < 4.78 is 2.74. The van der Waals surface area contributed by atoms with Gasteiger partial charge in [0, 0.05) is 0 Å². The van der Waals surface area contributed by atoms with Gasteiger partial charge in [0.1, 0.15) is 0 Å². The molecule has 0 bridgehead atoms. The summed E-state index contributed by atoms with van der Waals surface area (Å²) in [5, 5.41) is 11.2. The van der Waals surface area contributed by atoms with Crippen LogP contribution in [0.15, 0.2) is 60.7 Å². The number of benzene rings is 2. The van der Waals surface area contributed by atoms with Crippen LogP contribution < -0.4 is 6.54 Å². The Labute approximate surface area is 106 Å². The van der Waals surface area contributed by atoms with E-state index in [0.717, 1.165) is 0 Å². The van der Waals surface area contributed by atoms with Gasteiger partial charge in [-0.3, -0.25) is 0 Å². The minimum atomic E-state index is -2.09. The van der Waals surface area contributed by atoms with Gasteiger partial charge in [0.15, 0.2) is 0 Å². The van der Waals surface area contributed by atoms with Crippen LogP contribution in [0.2, 0.25) is 0 Å². The van der Waals surface area contributed by atoms with Gasteiger partial charge in [0.25, 0.3) is 0 Å². The van der Waals surface area contributed by atoms with Crippen molar-refractivity contribution < 1.29 is 0 Å². The van der Waals surface area contributed by atoms with E-state index >= 15 is 0 Å². The maximum absolute atomic E-state index is 8.92. The minimum absolute atomic E-state index is 1.37. The van der Waals surface area contributed by atoms with Gasteiger partial charge in [-0.1, -0.05) is 0 Å². The molecule has 0 fully saturated rings. The fraction of sp³-hybridized carbons (Fsp3) is 0. The Morgan fingerprint density at radius 1 is 0.812 bits per heavy atom. The molecular formula is C13H10BiNS. The van der Waals surface area contributed by atoms with Crippen LogP contribution in [0.25, 0.3) is 0 Å². The first kappa shape index (κ1) is 11.6. The predicted molar refractivity (Wildman–Crippen MR) is 71.1 cm³/mol. The van der Waals surface area contributed by atoms with Gasteiger partial charge in [-0.05, 0) is 0 Å². The average Bonchev–Trinajstić information content (AvgIpc) is 2.38.